The minimum atomic E-state index is 0.224. The molecule has 1 aromatic heterocycles. The molecule has 0 spiro atoms. The topological polar surface area (TPSA) is 20.3 Å². The highest BCUT2D eigenvalue weighted by molar-refractivity contribution is 9.10. The van der Waals surface area contributed by atoms with Crippen LogP contribution in [0.3, 0.4) is 0 Å². The van der Waals surface area contributed by atoms with Gasteiger partial charge in [-0.05, 0) is 41.5 Å². The standard InChI is InChI=1S/C16H18BrNOS/c1-12-5-3-4-6-15(12)16(19)7-8-18(2)10-14-9-13(17)11-20-14/h3-6,9,11H,7-8,10H2,1-2H3. The molecule has 0 N–H and O–H groups in total. The first-order valence-corrected chi connectivity index (χ1v) is 8.24. The van der Waals surface area contributed by atoms with E-state index < -0.39 is 0 Å². The number of carbonyl (C=O) groups is 1. The number of hydrogen-bond acceptors (Lipinski definition) is 3. The zero-order valence-electron chi connectivity index (χ0n) is 11.7. The first kappa shape index (κ1) is 15.4. The lowest BCUT2D eigenvalue weighted by atomic mass is 10.0. The summed E-state index contributed by atoms with van der Waals surface area (Å²) < 4.78 is 1.13. The molecule has 2 rings (SSSR count). The highest BCUT2D eigenvalue weighted by atomic mass is 79.9. The molecule has 0 unspecified atom stereocenters. The molecule has 0 atom stereocenters. The maximum Gasteiger partial charge on any atom is 0.164 e. The molecule has 1 aromatic carbocycles. The lowest BCUT2D eigenvalue weighted by Crippen LogP contribution is -2.21. The maximum absolute atomic E-state index is 12.2. The second-order valence-electron chi connectivity index (χ2n) is 4.96. The third-order valence-electron chi connectivity index (χ3n) is 3.21. The van der Waals surface area contributed by atoms with E-state index in [1.54, 1.807) is 11.3 Å². The molecule has 1 heterocycles. The van der Waals surface area contributed by atoms with Crippen LogP contribution in [0, 0.1) is 6.92 Å². The third kappa shape index (κ3) is 4.27. The van der Waals surface area contributed by atoms with Crippen LogP contribution >= 0.6 is 27.3 Å². The Balaban J connectivity index is 1.85. The molecule has 106 valence electrons. The SMILES string of the molecule is Cc1ccccc1C(=O)CCN(C)Cc1cc(Br)cs1. The summed E-state index contributed by atoms with van der Waals surface area (Å²) in [4.78, 5) is 15.7. The van der Waals surface area contributed by atoms with Gasteiger partial charge in [-0.15, -0.1) is 11.3 Å². The largest absolute Gasteiger partial charge is 0.301 e. The van der Waals surface area contributed by atoms with Gasteiger partial charge >= 0.3 is 0 Å². The number of carbonyl (C=O) groups excluding carboxylic acids is 1. The number of aryl methyl sites for hydroxylation is 1. The summed E-state index contributed by atoms with van der Waals surface area (Å²) in [6.07, 6.45) is 0.563. The van der Waals surface area contributed by atoms with Crippen molar-refractivity contribution in [2.45, 2.75) is 19.9 Å². The molecule has 0 aliphatic rings. The van der Waals surface area contributed by atoms with Crippen molar-refractivity contribution in [2.75, 3.05) is 13.6 Å². The normalized spacial score (nSPS) is 11.0. The predicted molar refractivity (Wildman–Crippen MR) is 88.5 cm³/mol. The molecule has 0 aliphatic heterocycles. The summed E-state index contributed by atoms with van der Waals surface area (Å²) in [5.74, 6) is 0.224. The Morgan fingerprint density at radius 2 is 2.10 bits per heavy atom. The van der Waals surface area contributed by atoms with Gasteiger partial charge in [0.05, 0.1) is 0 Å². The number of nitrogens with zero attached hydrogens (tertiary/aromatic N) is 1. The van der Waals surface area contributed by atoms with Crippen LogP contribution in [0.4, 0.5) is 0 Å². The molecular weight excluding hydrogens is 334 g/mol. The van der Waals surface area contributed by atoms with Crippen LogP contribution in [0.5, 0.6) is 0 Å². The van der Waals surface area contributed by atoms with E-state index in [2.05, 4.69) is 39.3 Å². The van der Waals surface area contributed by atoms with Gasteiger partial charge in [0.15, 0.2) is 5.78 Å². The molecular formula is C16H18BrNOS. The Labute approximate surface area is 132 Å². The summed E-state index contributed by atoms with van der Waals surface area (Å²) in [6.45, 7) is 3.65. The van der Waals surface area contributed by atoms with Crippen molar-refractivity contribution in [3.8, 4) is 0 Å². The van der Waals surface area contributed by atoms with Crippen molar-refractivity contribution in [1.82, 2.24) is 4.90 Å². The Kier molecular flexibility index (Phi) is 5.52. The molecule has 4 heteroatoms. The van der Waals surface area contributed by atoms with Gasteiger partial charge in [0.25, 0.3) is 0 Å². The van der Waals surface area contributed by atoms with Crippen LogP contribution in [0.1, 0.15) is 27.2 Å². The lowest BCUT2D eigenvalue weighted by Gasteiger charge is -2.15. The lowest BCUT2D eigenvalue weighted by molar-refractivity contribution is 0.0967. The van der Waals surface area contributed by atoms with Gasteiger partial charge in [0.2, 0.25) is 0 Å². The Hall–Kier alpha value is -0.970. The molecule has 0 saturated carbocycles. The molecule has 0 saturated heterocycles. The van der Waals surface area contributed by atoms with E-state index in [1.807, 2.05) is 31.2 Å². The molecule has 0 fully saturated rings. The monoisotopic (exact) mass is 351 g/mol. The summed E-state index contributed by atoms with van der Waals surface area (Å²) in [6, 6.07) is 9.92. The molecule has 2 aromatic rings. The average Bonchev–Trinajstić information content (AvgIpc) is 2.82. The number of benzene rings is 1. The summed E-state index contributed by atoms with van der Waals surface area (Å²) in [5, 5.41) is 2.08. The van der Waals surface area contributed by atoms with E-state index in [9.17, 15) is 4.79 Å². The Morgan fingerprint density at radius 3 is 2.75 bits per heavy atom. The zero-order chi connectivity index (χ0) is 14.5. The maximum atomic E-state index is 12.2. The number of thiophene rings is 1. The fourth-order valence-corrected chi connectivity index (χ4v) is 3.62. The Morgan fingerprint density at radius 1 is 1.35 bits per heavy atom. The molecule has 0 radical (unpaired) electrons. The number of Topliss-reactive ketones (excluding diaryl/α,β-unsaturated/α-hetero) is 1. The van der Waals surface area contributed by atoms with Crippen LogP contribution < -0.4 is 0 Å². The molecule has 2 nitrogen and oxygen atoms in total. The highest BCUT2D eigenvalue weighted by Crippen LogP contribution is 2.21. The smallest absolute Gasteiger partial charge is 0.164 e. The van der Waals surface area contributed by atoms with Crippen LogP contribution in [0.2, 0.25) is 0 Å². The second kappa shape index (κ2) is 7.16. The minimum absolute atomic E-state index is 0.224. The van der Waals surface area contributed by atoms with Gasteiger partial charge in [-0.25, -0.2) is 0 Å². The number of hydrogen-bond donors (Lipinski definition) is 0. The van der Waals surface area contributed by atoms with Crippen molar-refractivity contribution in [3.63, 3.8) is 0 Å². The van der Waals surface area contributed by atoms with E-state index in [4.69, 9.17) is 0 Å². The quantitative estimate of drug-likeness (QED) is 0.713. The second-order valence-corrected chi connectivity index (χ2v) is 6.87. The number of rotatable bonds is 6. The van der Waals surface area contributed by atoms with Gasteiger partial charge < -0.3 is 4.90 Å². The van der Waals surface area contributed by atoms with Crippen molar-refractivity contribution in [3.05, 3.63) is 56.2 Å². The predicted octanol–water partition coefficient (Wildman–Crippen LogP) is 4.52. The van der Waals surface area contributed by atoms with Crippen molar-refractivity contribution in [1.29, 1.82) is 0 Å². The van der Waals surface area contributed by atoms with Crippen LogP contribution in [-0.2, 0) is 6.54 Å². The van der Waals surface area contributed by atoms with E-state index in [0.717, 1.165) is 28.7 Å². The minimum Gasteiger partial charge on any atom is -0.301 e. The number of halogens is 1. The van der Waals surface area contributed by atoms with E-state index >= 15 is 0 Å². The van der Waals surface area contributed by atoms with Gasteiger partial charge in [0, 0.05) is 39.8 Å². The van der Waals surface area contributed by atoms with E-state index in [0.29, 0.717) is 6.42 Å². The van der Waals surface area contributed by atoms with Gasteiger partial charge in [-0.3, -0.25) is 4.79 Å². The van der Waals surface area contributed by atoms with E-state index in [-0.39, 0.29) is 5.78 Å². The summed E-state index contributed by atoms with van der Waals surface area (Å²) >= 11 is 5.20. The van der Waals surface area contributed by atoms with Gasteiger partial charge in [0.1, 0.15) is 0 Å². The van der Waals surface area contributed by atoms with E-state index in [1.165, 1.54) is 4.88 Å². The zero-order valence-corrected chi connectivity index (χ0v) is 14.1. The van der Waals surface area contributed by atoms with Gasteiger partial charge in [-0.1, -0.05) is 24.3 Å². The van der Waals surface area contributed by atoms with Crippen molar-refractivity contribution in [2.24, 2.45) is 0 Å². The van der Waals surface area contributed by atoms with Crippen molar-refractivity contribution >= 4 is 33.0 Å². The van der Waals surface area contributed by atoms with Crippen LogP contribution in [-0.4, -0.2) is 24.3 Å². The molecule has 0 amide bonds. The number of ketones is 1. The summed E-state index contributed by atoms with van der Waals surface area (Å²) in [5.41, 5.74) is 1.90. The fraction of sp³-hybridized carbons (Fsp3) is 0.312. The third-order valence-corrected chi connectivity index (χ3v) is 4.90. The van der Waals surface area contributed by atoms with Crippen LogP contribution in [0.15, 0.2) is 40.2 Å². The highest BCUT2D eigenvalue weighted by Gasteiger charge is 2.10. The Bertz CT molecular complexity index is 594. The fourth-order valence-electron chi connectivity index (χ4n) is 2.09. The molecule has 0 bridgehead atoms. The van der Waals surface area contributed by atoms with Crippen molar-refractivity contribution < 1.29 is 4.79 Å². The average molecular weight is 352 g/mol. The summed E-state index contributed by atoms with van der Waals surface area (Å²) in [7, 11) is 2.05. The first-order valence-electron chi connectivity index (χ1n) is 6.56. The molecule has 0 aliphatic carbocycles. The van der Waals surface area contributed by atoms with Crippen LogP contribution in [0.25, 0.3) is 0 Å². The van der Waals surface area contributed by atoms with Gasteiger partial charge in [-0.2, -0.15) is 0 Å². The first-order chi connectivity index (χ1) is 9.56. The molecule has 20 heavy (non-hydrogen) atoms.